The lowest BCUT2D eigenvalue weighted by Gasteiger charge is -2.28. The fraction of sp³-hybridized carbons (Fsp3) is 0.333. The maximum atomic E-state index is 13.4. The predicted octanol–water partition coefficient (Wildman–Crippen LogP) is 2.03. The minimum absolute atomic E-state index is 0.130. The van der Waals surface area contributed by atoms with Gasteiger partial charge in [0.1, 0.15) is 18.6 Å². The van der Waals surface area contributed by atoms with E-state index >= 15 is 0 Å². The van der Waals surface area contributed by atoms with Gasteiger partial charge in [-0.1, -0.05) is 0 Å². The Morgan fingerprint density at radius 3 is 2.89 bits per heavy atom. The van der Waals surface area contributed by atoms with E-state index < -0.39 is 30.5 Å². The lowest BCUT2D eigenvalue weighted by molar-refractivity contribution is 0.0926. The van der Waals surface area contributed by atoms with Gasteiger partial charge in [0, 0.05) is 18.8 Å². The van der Waals surface area contributed by atoms with Crippen LogP contribution in [0.1, 0.15) is 28.7 Å². The normalized spacial score (nSPS) is 14.0. The standard InChI is InChI=1S/C18H18F2N6O2/c1-11(7-19)23-17(27)16-15-9-25(4-5-26(15)10-22-16)18(28)24-13-2-3-14(20)12(6-13)8-21/h2-3,6,10-11H,4-5,7,9H2,1H3,(H,23,27)(H,24,28). The van der Waals surface area contributed by atoms with Gasteiger partial charge in [0.15, 0.2) is 5.69 Å². The first-order valence-corrected chi connectivity index (χ1v) is 8.59. The van der Waals surface area contributed by atoms with Crippen molar-refractivity contribution in [3.05, 3.63) is 47.3 Å². The minimum Gasteiger partial charge on any atom is -0.346 e. The third-order valence-electron chi connectivity index (χ3n) is 4.35. The molecule has 1 aromatic carbocycles. The van der Waals surface area contributed by atoms with Gasteiger partial charge in [0.25, 0.3) is 5.91 Å². The number of nitriles is 1. The number of urea groups is 1. The number of fused-ring (bicyclic) bond motifs is 1. The number of halogens is 2. The number of aromatic nitrogens is 2. The maximum absolute atomic E-state index is 13.4. The molecule has 0 radical (unpaired) electrons. The quantitative estimate of drug-likeness (QED) is 0.836. The Morgan fingerprint density at radius 2 is 2.18 bits per heavy atom. The number of carbonyl (C=O) groups excluding carboxylic acids is 2. The Balaban J connectivity index is 1.72. The summed E-state index contributed by atoms with van der Waals surface area (Å²) in [6, 6.07) is 4.34. The van der Waals surface area contributed by atoms with Crippen LogP contribution < -0.4 is 10.6 Å². The zero-order valence-electron chi connectivity index (χ0n) is 15.1. The molecular formula is C18H18F2N6O2. The summed E-state index contributed by atoms with van der Waals surface area (Å²) >= 11 is 0. The molecule has 3 amide bonds. The van der Waals surface area contributed by atoms with E-state index in [-0.39, 0.29) is 23.5 Å². The molecule has 1 atom stereocenters. The van der Waals surface area contributed by atoms with Crippen molar-refractivity contribution in [2.75, 3.05) is 18.5 Å². The summed E-state index contributed by atoms with van der Waals surface area (Å²) in [5, 5.41) is 14.0. The summed E-state index contributed by atoms with van der Waals surface area (Å²) in [5.74, 6) is -1.17. The van der Waals surface area contributed by atoms with Crippen LogP contribution >= 0.6 is 0 Å². The summed E-state index contributed by atoms with van der Waals surface area (Å²) < 4.78 is 27.8. The molecule has 2 N–H and O–H groups in total. The van der Waals surface area contributed by atoms with Crippen molar-refractivity contribution in [2.45, 2.75) is 26.1 Å². The predicted molar refractivity (Wildman–Crippen MR) is 95.7 cm³/mol. The van der Waals surface area contributed by atoms with E-state index in [0.29, 0.717) is 18.8 Å². The van der Waals surface area contributed by atoms with Crippen molar-refractivity contribution in [3.63, 3.8) is 0 Å². The monoisotopic (exact) mass is 388 g/mol. The van der Waals surface area contributed by atoms with Crippen LogP contribution in [0.15, 0.2) is 24.5 Å². The average Bonchev–Trinajstić information content (AvgIpc) is 3.12. The Labute approximate surface area is 159 Å². The second-order valence-electron chi connectivity index (χ2n) is 6.42. The summed E-state index contributed by atoms with van der Waals surface area (Å²) in [7, 11) is 0. The number of hydrogen-bond acceptors (Lipinski definition) is 4. The molecule has 146 valence electrons. The molecule has 2 heterocycles. The van der Waals surface area contributed by atoms with E-state index in [0.717, 1.165) is 6.07 Å². The Kier molecular flexibility index (Phi) is 5.54. The molecule has 2 aromatic rings. The lowest BCUT2D eigenvalue weighted by Crippen LogP contribution is -2.42. The number of carbonyl (C=O) groups is 2. The van der Waals surface area contributed by atoms with Crippen LogP contribution in [0, 0.1) is 17.1 Å². The van der Waals surface area contributed by atoms with E-state index in [2.05, 4.69) is 15.6 Å². The number of benzene rings is 1. The molecular weight excluding hydrogens is 370 g/mol. The van der Waals surface area contributed by atoms with Gasteiger partial charge in [-0.3, -0.25) is 4.79 Å². The molecule has 0 saturated carbocycles. The summed E-state index contributed by atoms with van der Waals surface area (Å²) in [5.41, 5.74) is 0.806. The third-order valence-corrected chi connectivity index (χ3v) is 4.35. The van der Waals surface area contributed by atoms with Crippen molar-refractivity contribution >= 4 is 17.6 Å². The van der Waals surface area contributed by atoms with Gasteiger partial charge in [-0.15, -0.1) is 0 Å². The van der Waals surface area contributed by atoms with Crippen LogP contribution in [0.3, 0.4) is 0 Å². The molecule has 0 aliphatic carbocycles. The first kappa shape index (κ1) is 19.3. The second kappa shape index (κ2) is 8.04. The number of nitrogens with zero attached hydrogens (tertiary/aromatic N) is 4. The van der Waals surface area contributed by atoms with Gasteiger partial charge in [-0.2, -0.15) is 5.26 Å². The Bertz CT molecular complexity index is 952. The first-order chi connectivity index (χ1) is 13.4. The summed E-state index contributed by atoms with van der Waals surface area (Å²) in [4.78, 5) is 30.4. The van der Waals surface area contributed by atoms with Gasteiger partial charge in [0.05, 0.1) is 30.2 Å². The van der Waals surface area contributed by atoms with Crippen molar-refractivity contribution in [1.29, 1.82) is 5.26 Å². The highest BCUT2D eigenvalue weighted by atomic mass is 19.1. The van der Waals surface area contributed by atoms with Crippen LogP contribution in [-0.2, 0) is 13.1 Å². The average molecular weight is 388 g/mol. The van der Waals surface area contributed by atoms with Crippen LogP contribution in [-0.4, -0.2) is 45.7 Å². The van der Waals surface area contributed by atoms with Crippen molar-refractivity contribution in [3.8, 4) is 6.07 Å². The fourth-order valence-corrected chi connectivity index (χ4v) is 2.84. The van der Waals surface area contributed by atoms with E-state index in [1.807, 2.05) is 0 Å². The lowest BCUT2D eigenvalue weighted by atomic mass is 10.2. The minimum atomic E-state index is -0.696. The molecule has 8 nitrogen and oxygen atoms in total. The zero-order valence-corrected chi connectivity index (χ0v) is 15.1. The highest BCUT2D eigenvalue weighted by Gasteiger charge is 2.27. The largest absolute Gasteiger partial charge is 0.346 e. The number of amides is 3. The molecule has 1 aliphatic heterocycles. The van der Waals surface area contributed by atoms with Crippen molar-refractivity contribution in [2.24, 2.45) is 0 Å². The van der Waals surface area contributed by atoms with E-state index in [9.17, 15) is 18.4 Å². The number of rotatable bonds is 4. The highest BCUT2D eigenvalue weighted by Crippen LogP contribution is 2.19. The SMILES string of the molecule is CC(CF)NC(=O)c1ncn2c1CN(C(=O)Nc1ccc(F)c(C#N)c1)CC2. The first-order valence-electron chi connectivity index (χ1n) is 8.59. The van der Waals surface area contributed by atoms with Crippen LogP contribution in [0.25, 0.3) is 0 Å². The number of imidazole rings is 1. The molecule has 10 heteroatoms. The Morgan fingerprint density at radius 1 is 1.39 bits per heavy atom. The summed E-state index contributed by atoms with van der Waals surface area (Å²) in [6.07, 6.45) is 1.51. The topological polar surface area (TPSA) is 103 Å². The molecule has 1 aromatic heterocycles. The zero-order chi connectivity index (χ0) is 20.3. The maximum Gasteiger partial charge on any atom is 0.322 e. The smallest absolute Gasteiger partial charge is 0.322 e. The molecule has 1 unspecified atom stereocenters. The molecule has 0 saturated heterocycles. The fourth-order valence-electron chi connectivity index (χ4n) is 2.84. The van der Waals surface area contributed by atoms with Gasteiger partial charge in [0.2, 0.25) is 0 Å². The molecule has 28 heavy (non-hydrogen) atoms. The second-order valence-corrected chi connectivity index (χ2v) is 6.42. The van der Waals surface area contributed by atoms with Gasteiger partial charge in [-0.25, -0.2) is 18.6 Å². The molecule has 0 fully saturated rings. The molecule has 3 rings (SSSR count). The molecule has 1 aliphatic rings. The van der Waals surface area contributed by atoms with Crippen LogP contribution in [0.2, 0.25) is 0 Å². The summed E-state index contributed by atoms with van der Waals surface area (Å²) in [6.45, 7) is 1.79. The van der Waals surface area contributed by atoms with Crippen molar-refractivity contribution < 1.29 is 18.4 Å². The Hall–Kier alpha value is -3.48. The third kappa shape index (κ3) is 3.93. The molecule has 0 spiro atoms. The highest BCUT2D eigenvalue weighted by molar-refractivity contribution is 5.94. The van der Waals surface area contributed by atoms with E-state index in [1.54, 1.807) is 17.6 Å². The molecule has 0 bridgehead atoms. The van der Waals surface area contributed by atoms with Crippen molar-refractivity contribution in [1.82, 2.24) is 19.8 Å². The van der Waals surface area contributed by atoms with Gasteiger partial charge in [-0.05, 0) is 25.1 Å². The van der Waals surface area contributed by atoms with Crippen LogP contribution in [0.4, 0.5) is 19.3 Å². The van der Waals surface area contributed by atoms with E-state index in [1.165, 1.54) is 23.4 Å². The number of alkyl halides is 1. The number of hydrogen-bond donors (Lipinski definition) is 2. The van der Waals surface area contributed by atoms with Gasteiger partial charge < -0.3 is 20.1 Å². The number of anilines is 1. The van der Waals surface area contributed by atoms with Gasteiger partial charge >= 0.3 is 6.03 Å². The van der Waals surface area contributed by atoms with Crippen LogP contribution in [0.5, 0.6) is 0 Å². The number of nitrogens with one attached hydrogen (secondary N) is 2. The van der Waals surface area contributed by atoms with E-state index in [4.69, 9.17) is 5.26 Å².